The number of hydrogen-bond acceptors (Lipinski definition) is 15. The molecular formula is C18H37N5O10. The first-order valence-corrected chi connectivity index (χ1v) is 10.9. The van der Waals surface area contributed by atoms with Gasteiger partial charge in [-0.1, -0.05) is 0 Å². The third kappa shape index (κ3) is 5.32. The molecule has 0 aromatic heterocycles. The average Bonchev–Trinajstić information content (AvgIpc) is 2.79. The molecule has 3 fully saturated rings. The molecule has 0 radical (unpaired) electrons. The second kappa shape index (κ2) is 11.0. The van der Waals surface area contributed by atoms with Crippen molar-refractivity contribution in [3.63, 3.8) is 0 Å². The van der Waals surface area contributed by atoms with Crippen LogP contribution in [0.5, 0.6) is 0 Å². The van der Waals surface area contributed by atoms with Gasteiger partial charge in [-0.05, 0) is 6.42 Å². The Morgan fingerprint density at radius 1 is 0.606 bits per heavy atom. The summed E-state index contributed by atoms with van der Waals surface area (Å²) in [4.78, 5) is 0. The van der Waals surface area contributed by atoms with Crippen molar-refractivity contribution in [2.75, 3.05) is 13.1 Å². The second-order valence-corrected chi connectivity index (χ2v) is 8.84. The summed E-state index contributed by atoms with van der Waals surface area (Å²) in [5.41, 5.74) is 29.3. The van der Waals surface area contributed by atoms with Crippen LogP contribution in [0.3, 0.4) is 0 Å². The van der Waals surface area contributed by atoms with E-state index >= 15 is 0 Å². The largest absolute Gasteiger partial charge is 0.389 e. The fourth-order valence-electron chi connectivity index (χ4n) is 4.41. The standard InChI is InChI=1S/C18H37N5O10/c19-2-6-10(25)12(27)8(23)17(30-6)32-15-5(22)1-4(21)9(24)16(15)33-18-14(29)13(28)11(26)7(3-20)31-18/h4-18,24-29H,1-3,19-23H2/t4-,5+,6-,7-,8-,9+,10-,11+,12-,13+,14-,15-,16-,17-,18+/m1/s1. The van der Waals surface area contributed by atoms with E-state index in [9.17, 15) is 30.6 Å². The molecule has 0 bridgehead atoms. The average molecular weight is 484 g/mol. The summed E-state index contributed by atoms with van der Waals surface area (Å²) in [6, 6.07) is -2.80. The van der Waals surface area contributed by atoms with Crippen LogP contribution in [0.1, 0.15) is 6.42 Å². The molecule has 2 saturated heterocycles. The maximum Gasteiger partial charge on any atom is 0.187 e. The Kier molecular flexibility index (Phi) is 8.99. The van der Waals surface area contributed by atoms with Crippen LogP contribution in [0, 0.1) is 0 Å². The van der Waals surface area contributed by atoms with Gasteiger partial charge in [0.1, 0.15) is 54.9 Å². The number of hydrogen-bond donors (Lipinski definition) is 11. The van der Waals surface area contributed by atoms with Gasteiger partial charge in [-0.25, -0.2) is 0 Å². The van der Waals surface area contributed by atoms with E-state index in [1.807, 2.05) is 0 Å². The Hall–Kier alpha value is -0.600. The fourth-order valence-corrected chi connectivity index (χ4v) is 4.41. The zero-order valence-corrected chi connectivity index (χ0v) is 18.0. The molecule has 0 amide bonds. The quantitative estimate of drug-likeness (QED) is 0.167. The lowest BCUT2D eigenvalue weighted by molar-refractivity contribution is -0.338. The van der Waals surface area contributed by atoms with Gasteiger partial charge < -0.3 is 78.3 Å². The molecule has 2 heterocycles. The Bertz CT molecular complexity index is 635. The molecule has 0 unspecified atom stereocenters. The van der Waals surface area contributed by atoms with E-state index in [2.05, 4.69) is 0 Å². The van der Waals surface area contributed by atoms with E-state index in [4.69, 9.17) is 47.6 Å². The molecule has 15 nitrogen and oxygen atoms in total. The Morgan fingerprint density at radius 3 is 1.70 bits per heavy atom. The molecule has 16 N–H and O–H groups in total. The summed E-state index contributed by atoms with van der Waals surface area (Å²) in [5.74, 6) is 0. The topological polar surface area (TPSA) is 288 Å². The number of rotatable bonds is 6. The molecular weight excluding hydrogens is 446 g/mol. The lowest BCUT2D eigenvalue weighted by atomic mass is 9.84. The lowest BCUT2D eigenvalue weighted by Crippen LogP contribution is -2.69. The highest BCUT2D eigenvalue weighted by Crippen LogP contribution is 2.31. The van der Waals surface area contributed by atoms with Gasteiger partial charge >= 0.3 is 0 Å². The lowest BCUT2D eigenvalue weighted by Gasteiger charge is -2.48. The molecule has 0 spiro atoms. The molecule has 15 heteroatoms. The molecule has 1 saturated carbocycles. The van der Waals surface area contributed by atoms with Gasteiger partial charge in [0, 0.05) is 25.2 Å². The van der Waals surface area contributed by atoms with E-state index in [-0.39, 0.29) is 19.5 Å². The third-order valence-electron chi connectivity index (χ3n) is 6.53. The highest BCUT2D eigenvalue weighted by atomic mass is 16.7. The van der Waals surface area contributed by atoms with Crippen molar-refractivity contribution in [3.05, 3.63) is 0 Å². The minimum Gasteiger partial charge on any atom is -0.389 e. The van der Waals surface area contributed by atoms with Crippen LogP contribution in [-0.2, 0) is 18.9 Å². The summed E-state index contributed by atoms with van der Waals surface area (Å²) in [6.45, 7) is -0.305. The molecule has 1 aliphatic carbocycles. The fraction of sp³-hybridized carbons (Fsp3) is 1.00. The van der Waals surface area contributed by atoms with Gasteiger partial charge in [0.25, 0.3) is 0 Å². The molecule has 2 aliphatic heterocycles. The van der Waals surface area contributed by atoms with E-state index < -0.39 is 91.7 Å². The zero-order chi connectivity index (χ0) is 24.6. The maximum atomic E-state index is 10.7. The highest BCUT2D eigenvalue weighted by Gasteiger charge is 2.51. The van der Waals surface area contributed by atoms with Crippen molar-refractivity contribution in [2.45, 2.75) is 98.2 Å². The smallest absolute Gasteiger partial charge is 0.187 e. The maximum absolute atomic E-state index is 10.7. The zero-order valence-electron chi connectivity index (χ0n) is 18.0. The molecule has 194 valence electrons. The van der Waals surface area contributed by atoms with Crippen molar-refractivity contribution in [1.29, 1.82) is 0 Å². The Labute approximate surface area is 190 Å². The normalized spacial score (nSPS) is 53.7. The van der Waals surface area contributed by atoms with Crippen molar-refractivity contribution in [1.82, 2.24) is 0 Å². The van der Waals surface area contributed by atoms with Gasteiger partial charge in [0.05, 0.1) is 12.1 Å². The van der Waals surface area contributed by atoms with E-state index in [1.165, 1.54) is 0 Å². The van der Waals surface area contributed by atoms with Gasteiger partial charge in [0.15, 0.2) is 12.6 Å². The van der Waals surface area contributed by atoms with Crippen molar-refractivity contribution < 1.29 is 49.6 Å². The summed E-state index contributed by atoms with van der Waals surface area (Å²) < 4.78 is 22.7. The first-order chi connectivity index (χ1) is 15.5. The summed E-state index contributed by atoms with van der Waals surface area (Å²) in [7, 11) is 0. The van der Waals surface area contributed by atoms with E-state index in [0.29, 0.717) is 0 Å². The molecule has 0 aromatic rings. The van der Waals surface area contributed by atoms with Crippen molar-refractivity contribution >= 4 is 0 Å². The number of ether oxygens (including phenoxy) is 4. The molecule has 0 aromatic carbocycles. The van der Waals surface area contributed by atoms with Crippen LogP contribution in [-0.4, -0.2) is 135 Å². The van der Waals surface area contributed by atoms with Gasteiger partial charge in [-0.15, -0.1) is 0 Å². The monoisotopic (exact) mass is 483 g/mol. The predicted molar refractivity (Wildman–Crippen MR) is 110 cm³/mol. The minimum absolute atomic E-state index is 0.125. The predicted octanol–water partition coefficient (Wildman–Crippen LogP) is -7.33. The molecule has 3 aliphatic rings. The van der Waals surface area contributed by atoms with E-state index in [0.717, 1.165) is 0 Å². The number of aliphatic hydroxyl groups excluding tert-OH is 6. The van der Waals surface area contributed by atoms with Crippen molar-refractivity contribution in [2.24, 2.45) is 28.7 Å². The number of aliphatic hydroxyl groups is 6. The van der Waals surface area contributed by atoms with Crippen LogP contribution >= 0.6 is 0 Å². The van der Waals surface area contributed by atoms with Crippen LogP contribution < -0.4 is 28.7 Å². The van der Waals surface area contributed by atoms with Crippen LogP contribution in [0.15, 0.2) is 0 Å². The van der Waals surface area contributed by atoms with Gasteiger partial charge in [0.2, 0.25) is 0 Å². The Morgan fingerprint density at radius 2 is 1.12 bits per heavy atom. The second-order valence-electron chi connectivity index (χ2n) is 8.84. The van der Waals surface area contributed by atoms with Gasteiger partial charge in [-0.3, -0.25) is 0 Å². The number of nitrogens with two attached hydrogens (primary N) is 5. The van der Waals surface area contributed by atoms with Crippen LogP contribution in [0.4, 0.5) is 0 Å². The van der Waals surface area contributed by atoms with Gasteiger partial charge in [-0.2, -0.15) is 0 Å². The third-order valence-corrected chi connectivity index (χ3v) is 6.53. The summed E-state index contributed by atoms with van der Waals surface area (Å²) >= 11 is 0. The molecule has 33 heavy (non-hydrogen) atoms. The van der Waals surface area contributed by atoms with E-state index in [1.54, 1.807) is 0 Å². The highest BCUT2D eigenvalue weighted by molar-refractivity contribution is 5.01. The SMILES string of the molecule is NC[C@H]1O[C@@H](O[C@@H]2[C@@H](O)[C@H](N)C[C@H](N)[C@H]2O[C@H]2O[C@H](CN)[C@@H](O)[C@H](O)[C@H]2N)[C@H](O)[C@@H](O)[C@H]1O. The van der Waals surface area contributed by atoms with Crippen LogP contribution in [0.25, 0.3) is 0 Å². The summed E-state index contributed by atoms with van der Waals surface area (Å²) in [5, 5.41) is 61.5. The first-order valence-electron chi connectivity index (χ1n) is 10.9. The Balaban J connectivity index is 1.80. The first kappa shape index (κ1) is 27.0. The van der Waals surface area contributed by atoms with Crippen molar-refractivity contribution in [3.8, 4) is 0 Å². The minimum atomic E-state index is -1.68. The molecule has 3 rings (SSSR count). The van der Waals surface area contributed by atoms with Crippen LogP contribution in [0.2, 0.25) is 0 Å². The molecule has 15 atom stereocenters. The summed E-state index contributed by atoms with van der Waals surface area (Å²) in [6.07, 6.45) is -15.9.